The Hall–Kier alpha value is -1.02. The average Bonchev–Trinajstić information content (AvgIpc) is 2.28. The Balaban J connectivity index is 1.91. The fourth-order valence-corrected chi connectivity index (χ4v) is 2.90. The van der Waals surface area contributed by atoms with Gasteiger partial charge >= 0.3 is 0 Å². The Morgan fingerprint density at radius 1 is 1.28 bits per heavy atom. The summed E-state index contributed by atoms with van der Waals surface area (Å²) < 4.78 is 0. The van der Waals surface area contributed by atoms with Crippen LogP contribution in [-0.4, -0.2) is 16.3 Å². The molecule has 1 aliphatic carbocycles. The number of hydrogen-bond acceptors (Lipinski definition) is 2. The molecule has 1 aromatic carbocycles. The van der Waals surface area contributed by atoms with Crippen molar-refractivity contribution < 1.29 is 10.2 Å². The Morgan fingerprint density at radius 2 is 1.94 bits per heavy atom. The lowest BCUT2D eigenvalue weighted by atomic mass is 9.71. The van der Waals surface area contributed by atoms with Gasteiger partial charge in [0.05, 0.1) is 6.10 Å². The molecule has 0 amide bonds. The molecule has 2 nitrogen and oxygen atoms in total. The number of rotatable bonds is 3. The molecule has 0 bridgehead atoms. The number of phenolic OH excluding ortho intramolecular Hbond substituents is 1. The highest BCUT2D eigenvalue weighted by Crippen LogP contribution is 2.39. The maximum Gasteiger partial charge on any atom is 0.115 e. The zero-order valence-corrected chi connectivity index (χ0v) is 11.4. The summed E-state index contributed by atoms with van der Waals surface area (Å²) in [6.45, 7) is 4.62. The van der Waals surface area contributed by atoms with E-state index in [1.807, 2.05) is 12.1 Å². The molecule has 100 valence electrons. The third-order valence-electron chi connectivity index (χ3n) is 4.28. The number of hydrogen-bond donors (Lipinski definition) is 2. The number of aromatic hydroxyl groups is 1. The Morgan fingerprint density at radius 3 is 2.56 bits per heavy atom. The van der Waals surface area contributed by atoms with Crippen LogP contribution in [0.4, 0.5) is 0 Å². The first kappa shape index (κ1) is 13.4. The predicted molar refractivity (Wildman–Crippen MR) is 73.6 cm³/mol. The van der Waals surface area contributed by atoms with Crippen LogP contribution in [0.25, 0.3) is 0 Å². The van der Waals surface area contributed by atoms with Crippen molar-refractivity contribution in [1.82, 2.24) is 0 Å². The second-order valence-electron chi connectivity index (χ2n) is 6.44. The van der Waals surface area contributed by atoms with Gasteiger partial charge in [-0.3, -0.25) is 0 Å². The zero-order chi connectivity index (χ0) is 13.2. The van der Waals surface area contributed by atoms with Crippen molar-refractivity contribution in [2.45, 2.75) is 52.1 Å². The predicted octanol–water partition coefficient (Wildman–Crippen LogP) is 3.51. The van der Waals surface area contributed by atoms with E-state index in [0.717, 1.165) is 18.4 Å². The van der Waals surface area contributed by atoms with E-state index in [2.05, 4.69) is 13.8 Å². The molecule has 0 spiro atoms. The molecule has 1 aliphatic rings. The van der Waals surface area contributed by atoms with Crippen LogP contribution in [0.5, 0.6) is 5.75 Å². The monoisotopic (exact) mass is 248 g/mol. The molecule has 2 heteroatoms. The van der Waals surface area contributed by atoms with Crippen LogP contribution < -0.4 is 0 Å². The van der Waals surface area contributed by atoms with Crippen LogP contribution in [0.2, 0.25) is 0 Å². The molecule has 1 unspecified atom stereocenters. The average molecular weight is 248 g/mol. The van der Waals surface area contributed by atoms with Gasteiger partial charge in [-0.15, -0.1) is 0 Å². The second kappa shape index (κ2) is 5.31. The van der Waals surface area contributed by atoms with Gasteiger partial charge in [-0.2, -0.15) is 0 Å². The van der Waals surface area contributed by atoms with Gasteiger partial charge < -0.3 is 10.2 Å². The molecule has 0 aromatic heterocycles. The number of phenols is 1. The lowest BCUT2D eigenvalue weighted by molar-refractivity contribution is 0.0576. The third kappa shape index (κ3) is 3.49. The highest BCUT2D eigenvalue weighted by Gasteiger charge is 2.30. The molecular formula is C16H24O2. The van der Waals surface area contributed by atoms with Crippen molar-refractivity contribution in [2.24, 2.45) is 11.3 Å². The molecule has 18 heavy (non-hydrogen) atoms. The van der Waals surface area contributed by atoms with E-state index in [9.17, 15) is 10.2 Å². The Kier molecular flexibility index (Phi) is 3.96. The molecule has 1 fully saturated rings. The van der Waals surface area contributed by atoms with Crippen LogP contribution in [0.3, 0.4) is 0 Å². The SMILES string of the molecule is CC1(C)CCC(C(O)Cc2cccc(O)c2)CC1. The maximum absolute atomic E-state index is 10.3. The molecule has 0 heterocycles. The summed E-state index contributed by atoms with van der Waals surface area (Å²) in [6, 6.07) is 7.21. The van der Waals surface area contributed by atoms with Gasteiger partial charge in [0.15, 0.2) is 0 Å². The minimum Gasteiger partial charge on any atom is -0.508 e. The van der Waals surface area contributed by atoms with E-state index in [4.69, 9.17) is 0 Å². The van der Waals surface area contributed by atoms with E-state index < -0.39 is 0 Å². The van der Waals surface area contributed by atoms with Gasteiger partial charge in [-0.1, -0.05) is 26.0 Å². The Labute approximate surface area is 110 Å². The van der Waals surface area contributed by atoms with Crippen LogP contribution in [-0.2, 0) is 6.42 Å². The van der Waals surface area contributed by atoms with Crippen LogP contribution in [0.1, 0.15) is 45.1 Å². The number of aliphatic hydroxyl groups excluding tert-OH is 1. The van der Waals surface area contributed by atoms with Crippen LogP contribution in [0.15, 0.2) is 24.3 Å². The lowest BCUT2D eigenvalue weighted by Gasteiger charge is -2.36. The molecule has 1 saturated carbocycles. The van der Waals surface area contributed by atoms with Crippen molar-refractivity contribution in [2.75, 3.05) is 0 Å². The summed E-state index contributed by atoms with van der Waals surface area (Å²) in [7, 11) is 0. The van der Waals surface area contributed by atoms with Crippen LogP contribution >= 0.6 is 0 Å². The van der Waals surface area contributed by atoms with Crippen molar-refractivity contribution in [3.05, 3.63) is 29.8 Å². The highest BCUT2D eigenvalue weighted by atomic mass is 16.3. The summed E-state index contributed by atoms with van der Waals surface area (Å²) >= 11 is 0. The lowest BCUT2D eigenvalue weighted by Crippen LogP contribution is -2.30. The molecule has 1 aromatic rings. The smallest absolute Gasteiger partial charge is 0.115 e. The minimum absolute atomic E-state index is 0.275. The van der Waals surface area contributed by atoms with E-state index in [1.54, 1.807) is 12.1 Å². The summed E-state index contributed by atoms with van der Waals surface area (Å²) in [5.74, 6) is 0.699. The molecule has 0 radical (unpaired) electrons. The molecular weight excluding hydrogens is 224 g/mol. The normalized spacial score (nSPS) is 21.7. The number of benzene rings is 1. The minimum atomic E-state index is -0.275. The first-order valence-electron chi connectivity index (χ1n) is 6.92. The first-order valence-corrected chi connectivity index (χ1v) is 6.92. The van der Waals surface area contributed by atoms with E-state index in [0.29, 0.717) is 17.8 Å². The van der Waals surface area contributed by atoms with Gasteiger partial charge in [0, 0.05) is 0 Å². The van der Waals surface area contributed by atoms with E-state index >= 15 is 0 Å². The van der Waals surface area contributed by atoms with Gasteiger partial charge in [0.2, 0.25) is 0 Å². The van der Waals surface area contributed by atoms with E-state index in [1.165, 1.54) is 12.8 Å². The fourth-order valence-electron chi connectivity index (χ4n) is 2.90. The van der Waals surface area contributed by atoms with Gasteiger partial charge in [0.25, 0.3) is 0 Å². The summed E-state index contributed by atoms with van der Waals surface area (Å²) in [4.78, 5) is 0. The molecule has 0 aliphatic heterocycles. The first-order chi connectivity index (χ1) is 8.46. The molecule has 2 N–H and O–H groups in total. The van der Waals surface area contributed by atoms with Crippen molar-refractivity contribution >= 4 is 0 Å². The van der Waals surface area contributed by atoms with Crippen molar-refractivity contribution in [3.63, 3.8) is 0 Å². The summed E-state index contributed by atoms with van der Waals surface area (Å²) in [5, 5.41) is 19.7. The maximum atomic E-state index is 10.3. The summed E-state index contributed by atoms with van der Waals surface area (Å²) in [5.41, 5.74) is 1.47. The van der Waals surface area contributed by atoms with Crippen molar-refractivity contribution in [3.8, 4) is 5.75 Å². The van der Waals surface area contributed by atoms with Crippen LogP contribution in [0, 0.1) is 11.3 Å². The third-order valence-corrected chi connectivity index (χ3v) is 4.28. The standard InChI is InChI=1S/C16H24O2/c1-16(2)8-6-13(7-9-16)15(18)11-12-4-3-5-14(17)10-12/h3-5,10,13,15,17-18H,6-9,11H2,1-2H3. The van der Waals surface area contributed by atoms with Gasteiger partial charge in [-0.05, 0) is 61.1 Å². The van der Waals surface area contributed by atoms with Gasteiger partial charge in [-0.25, -0.2) is 0 Å². The molecule has 1 atom stereocenters. The second-order valence-corrected chi connectivity index (χ2v) is 6.44. The van der Waals surface area contributed by atoms with Crippen molar-refractivity contribution in [1.29, 1.82) is 0 Å². The Bertz CT molecular complexity index is 388. The highest BCUT2D eigenvalue weighted by molar-refractivity contribution is 5.27. The van der Waals surface area contributed by atoms with E-state index in [-0.39, 0.29) is 11.9 Å². The fraction of sp³-hybridized carbons (Fsp3) is 0.625. The largest absolute Gasteiger partial charge is 0.508 e. The molecule has 2 rings (SSSR count). The number of aliphatic hydroxyl groups is 1. The molecule has 0 saturated heterocycles. The quantitative estimate of drug-likeness (QED) is 0.859. The van der Waals surface area contributed by atoms with Gasteiger partial charge in [0.1, 0.15) is 5.75 Å². The topological polar surface area (TPSA) is 40.5 Å². The zero-order valence-electron chi connectivity index (χ0n) is 11.4. The summed E-state index contributed by atoms with van der Waals surface area (Å²) in [6.07, 6.45) is 5.02.